The van der Waals surface area contributed by atoms with Crippen LogP contribution in [0.2, 0.25) is 0 Å². The zero-order valence-electron chi connectivity index (χ0n) is 10.1. The van der Waals surface area contributed by atoms with Gasteiger partial charge < -0.3 is 10.6 Å². The maximum Gasteiger partial charge on any atom is 0.314 e. The molecular weight excluding hydrogens is 204 g/mol. The molecule has 0 radical (unpaired) electrons. The number of hydrogen-bond donors (Lipinski definition) is 2. The summed E-state index contributed by atoms with van der Waals surface area (Å²) in [5, 5.41) is 9.74. The summed E-state index contributed by atoms with van der Waals surface area (Å²) in [6.45, 7) is 7.42. The Labute approximate surface area is 96.2 Å². The van der Waals surface area contributed by atoms with E-state index in [-0.39, 0.29) is 12.1 Å². The number of urea groups is 1. The van der Waals surface area contributed by atoms with Gasteiger partial charge in [-0.25, -0.2) is 4.79 Å². The van der Waals surface area contributed by atoms with Gasteiger partial charge >= 0.3 is 6.03 Å². The van der Waals surface area contributed by atoms with Crippen molar-refractivity contribution in [2.45, 2.75) is 33.4 Å². The lowest BCUT2D eigenvalue weighted by Gasteiger charge is -2.14. The van der Waals surface area contributed by atoms with Crippen molar-refractivity contribution in [3.63, 3.8) is 0 Å². The largest absolute Gasteiger partial charge is 0.338 e. The number of nitrogens with one attached hydrogen (secondary N) is 2. The van der Waals surface area contributed by atoms with E-state index in [1.807, 2.05) is 30.8 Å². The number of carbonyl (C=O) groups excluding carboxylic acids is 1. The maximum atomic E-state index is 11.3. The molecule has 16 heavy (non-hydrogen) atoms. The van der Waals surface area contributed by atoms with E-state index in [0.29, 0.717) is 12.5 Å². The molecule has 0 bridgehead atoms. The molecule has 0 aliphatic rings. The van der Waals surface area contributed by atoms with E-state index in [9.17, 15) is 4.79 Å². The average molecular weight is 224 g/mol. The lowest BCUT2D eigenvalue weighted by Crippen LogP contribution is -2.41. The number of nitrogens with zero attached hydrogens (tertiary/aromatic N) is 2. The molecule has 1 aromatic heterocycles. The van der Waals surface area contributed by atoms with Crippen LogP contribution in [0.1, 0.15) is 20.8 Å². The van der Waals surface area contributed by atoms with E-state index in [2.05, 4.69) is 22.7 Å². The van der Waals surface area contributed by atoms with Gasteiger partial charge in [0.05, 0.1) is 0 Å². The Kier molecular flexibility index (Phi) is 4.82. The van der Waals surface area contributed by atoms with Crippen LogP contribution in [0.15, 0.2) is 18.5 Å². The van der Waals surface area contributed by atoms with Crippen molar-refractivity contribution in [2.75, 3.05) is 6.54 Å². The van der Waals surface area contributed by atoms with E-state index in [0.717, 1.165) is 6.54 Å². The quantitative estimate of drug-likeness (QED) is 0.790. The zero-order valence-corrected chi connectivity index (χ0v) is 10.1. The standard InChI is InChI=1S/C11H20N4O/c1-9(2)14-11(16)12-7-10(3)8-15-6-4-5-13-15/h4-6,9-10H,7-8H2,1-3H3,(H2,12,14,16). The van der Waals surface area contributed by atoms with E-state index >= 15 is 0 Å². The van der Waals surface area contributed by atoms with Crippen molar-refractivity contribution in [3.8, 4) is 0 Å². The zero-order chi connectivity index (χ0) is 12.0. The minimum atomic E-state index is -0.109. The Bertz CT molecular complexity index is 308. The molecule has 1 aromatic rings. The summed E-state index contributed by atoms with van der Waals surface area (Å²) < 4.78 is 1.87. The smallest absolute Gasteiger partial charge is 0.314 e. The molecule has 0 fully saturated rings. The predicted molar refractivity (Wildman–Crippen MR) is 63.1 cm³/mol. The van der Waals surface area contributed by atoms with Crippen molar-refractivity contribution in [1.29, 1.82) is 0 Å². The van der Waals surface area contributed by atoms with Gasteiger partial charge in [0.1, 0.15) is 0 Å². The monoisotopic (exact) mass is 224 g/mol. The summed E-state index contributed by atoms with van der Waals surface area (Å²) in [5.74, 6) is 0.359. The average Bonchev–Trinajstić information content (AvgIpc) is 2.66. The summed E-state index contributed by atoms with van der Waals surface area (Å²) in [6, 6.07) is 1.95. The number of amides is 2. The van der Waals surface area contributed by atoms with Gasteiger partial charge in [-0.15, -0.1) is 0 Å². The molecule has 0 saturated carbocycles. The van der Waals surface area contributed by atoms with Gasteiger partial charge in [0.25, 0.3) is 0 Å². The highest BCUT2D eigenvalue weighted by Crippen LogP contribution is 1.97. The Morgan fingerprint density at radius 2 is 2.19 bits per heavy atom. The second-order valence-electron chi connectivity index (χ2n) is 4.34. The summed E-state index contributed by atoms with van der Waals surface area (Å²) in [6.07, 6.45) is 3.68. The highest BCUT2D eigenvalue weighted by Gasteiger charge is 2.06. The number of hydrogen-bond acceptors (Lipinski definition) is 2. The number of carbonyl (C=O) groups is 1. The number of rotatable bonds is 5. The Hall–Kier alpha value is -1.52. The third kappa shape index (κ3) is 4.82. The van der Waals surface area contributed by atoms with E-state index in [4.69, 9.17) is 0 Å². The van der Waals surface area contributed by atoms with Gasteiger partial charge in [0.2, 0.25) is 0 Å². The molecule has 0 aromatic carbocycles. The fourth-order valence-electron chi connectivity index (χ4n) is 1.37. The third-order valence-electron chi connectivity index (χ3n) is 2.09. The van der Waals surface area contributed by atoms with E-state index in [1.54, 1.807) is 6.20 Å². The second kappa shape index (κ2) is 6.15. The molecule has 1 rings (SSSR count). The van der Waals surface area contributed by atoms with Crippen LogP contribution in [0.4, 0.5) is 4.79 Å². The summed E-state index contributed by atoms with van der Waals surface area (Å²) in [7, 11) is 0. The Morgan fingerprint density at radius 3 is 2.75 bits per heavy atom. The maximum absolute atomic E-state index is 11.3. The minimum absolute atomic E-state index is 0.109. The second-order valence-corrected chi connectivity index (χ2v) is 4.34. The fraction of sp³-hybridized carbons (Fsp3) is 0.636. The fourth-order valence-corrected chi connectivity index (χ4v) is 1.37. The van der Waals surface area contributed by atoms with Gasteiger partial charge in [0.15, 0.2) is 0 Å². The lowest BCUT2D eigenvalue weighted by molar-refractivity contribution is 0.236. The van der Waals surface area contributed by atoms with Crippen LogP contribution in [-0.4, -0.2) is 28.4 Å². The molecule has 5 nitrogen and oxygen atoms in total. The molecule has 1 unspecified atom stereocenters. The van der Waals surface area contributed by atoms with Crippen molar-refractivity contribution in [1.82, 2.24) is 20.4 Å². The lowest BCUT2D eigenvalue weighted by atomic mass is 10.2. The van der Waals surface area contributed by atoms with Crippen LogP contribution in [0.5, 0.6) is 0 Å². The highest BCUT2D eigenvalue weighted by molar-refractivity contribution is 5.74. The normalized spacial score (nSPS) is 12.5. The molecule has 0 spiro atoms. The van der Waals surface area contributed by atoms with Crippen molar-refractivity contribution in [2.24, 2.45) is 5.92 Å². The molecule has 1 atom stereocenters. The van der Waals surface area contributed by atoms with E-state index in [1.165, 1.54) is 0 Å². The first-order valence-electron chi connectivity index (χ1n) is 5.59. The summed E-state index contributed by atoms with van der Waals surface area (Å²) in [5.41, 5.74) is 0. The van der Waals surface area contributed by atoms with Gasteiger partial charge in [-0.05, 0) is 25.8 Å². The van der Waals surface area contributed by atoms with Crippen LogP contribution in [0.3, 0.4) is 0 Å². The molecular formula is C11H20N4O. The van der Waals surface area contributed by atoms with Gasteiger partial charge in [-0.2, -0.15) is 5.10 Å². The third-order valence-corrected chi connectivity index (χ3v) is 2.09. The van der Waals surface area contributed by atoms with Gasteiger partial charge in [-0.3, -0.25) is 4.68 Å². The van der Waals surface area contributed by atoms with Crippen LogP contribution in [0, 0.1) is 5.92 Å². The first kappa shape index (κ1) is 12.5. The number of aromatic nitrogens is 2. The van der Waals surface area contributed by atoms with Gasteiger partial charge in [-0.1, -0.05) is 6.92 Å². The van der Waals surface area contributed by atoms with Crippen molar-refractivity contribution in [3.05, 3.63) is 18.5 Å². The molecule has 90 valence electrons. The van der Waals surface area contributed by atoms with Crippen LogP contribution in [-0.2, 0) is 6.54 Å². The Balaban J connectivity index is 2.20. The predicted octanol–water partition coefficient (Wildman–Crippen LogP) is 1.23. The molecule has 5 heteroatoms. The van der Waals surface area contributed by atoms with Crippen molar-refractivity contribution < 1.29 is 4.79 Å². The first-order chi connectivity index (χ1) is 7.58. The molecule has 0 aliphatic carbocycles. The molecule has 2 N–H and O–H groups in total. The first-order valence-corrected chi connectivity index (χ1v) is 5.59. The van der Waals surface area contributed by atoms with Crippen LogP contribution in [0.25, 0.3) is 0 Å². The van der Waals surface area contributed by atoms with E-state index < -0.39 is 0 Å². The highest BCUT2D eigenvalue weighted by atomic mass is 16.2. The molecule has 2 amide bonds. The SMILES string of the molecule is CC(CNC(=O)NC(C)C)Cn1cccn1. The van der Waals surface area contributed by atoms with Crippen molar-refractivity contribution >= 4 is 6.03 Å². The Morgan fingerprint density at radius 1 is 1.44 bits per heavy atom. The molecule has 0 saturated heterocycles. The van der Waals surface area contributed by atoms with Crippen LogP contribution >= 0.6 is 0 Å². The van der Waals surface area contributed by atoms with Crippen LogP contribution < -0.4 is 10.6 Å². The molecule has 0 aliphatic heterocycles. The minimum Gasteiger partial charge on any atom is -0.338 e. The summed E-state index contributed by atoms with van der Waals surface area (Å²) >= 11 is 0. The molecule has 1 heterocycles. The van der Waals surface area contributed by atoms with Gasteiger partial charge in [0, 0.05) is 31.5 Å². The topological polar surface area (TPSA) is 59.0 Å². The summed E-state index contributed by atoms with van der Waals surface area (Å²) in [4.78, 5) is 11.3.